The molecular formula is C34H43NO4. The van der Waals surface area contributed by atoms with Gasteiger partial charge in [-0.05, 0) is 66.1 Å². The third kappa shape index (κ3) is 7.92. The van der Waals surface area contributed by atoms with Gasteiger partial charge in [0.1, 0.15) is 5.75 Å². The molecule has 0 spiro atoms. The molecule has 5 nitrogen and oxygen atoms in total. The van der Waals surface area contributed by atoms with E-state index in [0.29, 0.717) is 38.3 Å². The van der Waals surface area contributed by atoms with Crippen LogP contribution in [0.4, 0.5) is 0 Å². The van der Waals surface area contributed by atoms with Gasteiger partial charge < -0.3 is 24.3 Å². The molecule has 208 valence electrons. The number of methoxy groups -OCH3 is 1. The number of rotatable bonds is 14. The van der Waals surface area contributed by atoms with E-state index in [1.54, 1.807) is 0 Å². The third-order valence-electron chi connectivity index (χ3n) is 8.12. The van der Waals surface area contributed by atoms with Gasteiger partial charge in [0.15, 0.2) is 0 Å². The lowest BCUT2D eigenvalue weighted by Gasteiger charge is -2.34. The first kappa shape index (κ1) is 27.9. The quantitative estimate of drug-likeness (QED) is 0.232. The minimum atomic E-state index is 0.140. The van der Waals surface area contributed by atoms with Gasteiger partial charge in [-0.3, -0.25) is 0 Å². The van der Waals surface area contributed by atoms with Crippen LogP contribution >= 0.6 is 0 Å². The van der Waals surface area contributed by atoms with Gasteiger partial charge in [0.2, 0.25) is 0 Å². The van der Waals surface area contributed by atoms with Gasteiger partial charge in [0.25, 0.3) is 0 Å². The highest BCUT2D eigenvalue weighted by Crippen LogP contribution is 2.40. The highest BCUT2D eigenvalue weighted by molar-refractivity contribution is 5.31. The number of hydrogen-bond acceptors (Lipinski definition) is 5. The van der Waals surface area contributed by atoms with Crippen LogP contribution in [0.15, 0.2) is 78.9 Å². The molecule has 1 heterocycles. The lowest BCUT2D eigenvalue weighted by Crippen LogP contribution is -2.40. The molecule has 1 aliphatic heterocycles. The predicted octanol–water partition coefficient (Wildman–Crippen LogP) is 6.82. The number of benzene rings is 3. The molecule has 3 aromatic carbocycles. The Morgan fingerprint density at radius 3 is 2.44 bits per heavy atom. The largest absolute Gasteiger partial charge is 0.494 e. The minimum absolute atomic E-state index is 0.140. The van der Waals surface area contributed by atoms with Crippen LogP contribution in [0.5, 0.6) is 5.75 Å². The number of ether oxygens (including phenoxy) is 4. The summed E-state index contributed by atoms with van der Waals surface area (Å²) in [6.07, 6.45) is 6.12. The van der Waals surface area contributed by atoms with Crippen molar-refractivity contribution in [2.24, 2.45) is 5.92 Å². The van der Waals surface area contributed by atoms with E-state index in [2.05, 4.69) is 66.0 Å². The molecule has 0 aromatic heterocycles. The fourth-order valence-corrected chi connectivity index (χ4v) is 5.72. The van der Waals surface area contributed by atoms with Gasteiger partial charge in [-0.2, -0.15) is 0 Å². The third-order valence-corrected chi connectivity index (χ3v) is 8.12. The smallest absolute Gasteiger partial charge is 0.119 e. The monoisotopic (exact) mass is 529 g/mol. The SMILES string of the molecule is COC(c1cccc(COC2CNCCC2c2ccc(OCCCOCc3ccccc3)cc2)c1)C1CCC1. The zero-order valence-electron chi connectivity index (χ0n) is 23.2. The molecule has 5 rings (SSSR count). The van der Waals surface area contributed by atoms with E-state index >= 15 is 0 Å². The molecule has 3 unspecified atom stereocenters. The lowest BCUT2D eigenvalue weighted by atomic mass is 9.78. The predicted molar refractivity (Wildman–Crippen MR) is 155 cm³/mol. The van der Waals surface area contributed by atoms with E-state index in [1.807, 2.05) is 25.3 Å². The van der Waals surface area contributed by atoms with Crippen molar-refractivity contribution in [3.8, 4) is 5.75 Å². The van der Waals surface area contributed by atoms with Crippen molar-refractivity contribution in [3.63, 3.8) is 0 Å². The Labute approximate surface area is 233 Å². The van der Waals surface area contributed by atoms with Crippen LogP contribution in [0.1, 0.15) is 66.4 Å². The molecule has 1 aliphatic carbocycles. The highest BCUT2D eigenvalue weighted by atomic mass is 16.5. The molecule has 2 aliphatic rings. The van der Waals surface area contributed by atoms with E-state index in [4.69, 9.17) is 18.9 Å². The van der Waals surface area contributed by atoms with Gasteiger partial charge >= 0.3 is 0 Å². The first-order valence-corrected chi connectivity index (χ1v) is 14.6. The molecule has 0 bridgehead atoms. The van der Waals surface area contributed by atoms with Gasteiger partial charge in [-0.25, -0.2) is 0 Å². The maximum atomic E-state index is 6.52. The Bertz CT molecular complexity index is 1120. The Morgan fingerprint density at radius 1 is 0.846 bits per heavy atom. The molecule has 1 saturated carbocycles. The molecular weight excluding hydrogens is 486 g/mol. The molecule has 3 atom stereocenters. The summed E-state index contributed by atoms with van der Waals surface area (Å²) in [7, 11) is 1.84. The summed E-state index contributed by atoms with van der Waals surface area (Å²) in [6.45, 7) is 4.49. The average Bonchev–Trinajstić information content (AvgIpc) is 2.97. The number of piperidine rings is 1. The number of hydrogen-bond donors (Lipinski definition) is 1. The van der Waals surface area contributed by atoms with Crippen molar-refractivity contribution in [1.29, 1.82) is 0 Å². The van der Waals surface area contributed by atoms with E-state index in [0.717, 1.165) is 31.7 Å². The standard InChI is InChI=1S/C34H43NO4/c1-36-34(29-11-6-12-29)30-13-5-10-27(22-30)25-39-33-23-35-19-18-32(33)28-14-16-31(17-15-28)38-21-7-20-37-24-26-8-3-2-4-9-26/h2-5,8-10,13-17,22,29,32-35H,6-7,11-12,18-21,23-25H2,1H3. The Morgan fingerprint density at radius 2 is 1.67 bits per heavy atom. The van der Waals surface area contributed by atoms with Gasteiger partial charge in [0, 0.05) is 26.0 Å². The van der Waals surface area contributed by atoms with Crippen LogP contribution < -0.4 is 10.1 Å². The Hall–Kier alpha value is -2.70. The Kier molecular flexibility index (Phi) is 10.4. The first-order chi connectivity index (χ1) is 19.3. The van der Waals surface area contributed by atoms with Crippen molar-refractivity contribution in [2.75, 3.05) is 33.4 Å². The van der Waals surface area contributed by atoms with Crippen molar-refractivity contribution >= 4 is 0 Å². The van der Waals surface area contributed by atoms with Crippen LogP contribution in [0.25, 0.3) is 0 Å². The van der Waals surface area contributed by atoms with Crippen molar-refractivity contribution in [2.45, 2.75) is 63.4 Å². The maximum absolute atomic E-state index is 6.52. The summed E-state index contributed by atoms with van der Waals surface area (Å²) >= 11 is 0. The minimum Gasteiger partial charge on any atom is -0.494 e. The summed E-state index contributed by atoms with van der Waals surface area (Å²) < 4.78 is 24.1. The molecule has 5 heteroatoms. The van der Waals surface area contributed by atoms with Crippen LogP contribution in [0.3, 0.4) is 0 Å². The molecule has 0 amide bonds. The van der Waals surface area contributed by atoms with Crippen LogP contribution in [0.2, 0.25) is 0 Å². The van der Waals surface area contributed by atoms with E-state index < -0.39 is 0 Å². The van der Waals surface area contributed by atoms with Crippen LogP contribution in [0, 0.1) is 5.92 Å². The van der Waals surface area contributed by atoms with Gasteiger partial charge in [0.05, 0.1) is 38.6 Å². The molecule has 39 heavy (non-hydrogen) atoms. The van der Waals surface area contributed by atoms with Crippen molar-refractivity contribution < 1.29 is 18.9 Å². The van der Waals surface area contributed by atoms with Crippen LogP contribution in [-0.2, 0) is 27.4 Å². The highest BCUT2D eigenvalue weighted by Gasteiger charge is 2.29. The zero-order chi connectivity index (χ0) is 26.7. The van der Waals surface area contributed by atoms with E-state index in [-0.39, 0.29) is 12.2 Å². The molecule has 2 fully saturated rings. The van der Waals surface area contributed by atoms with Crippen molar-refractivity contribution in [1.82, 2.24) is 5.32 Å². The molecule has 1 N–H and O–H groups in total. The summed E-state index contributed by atoms with van der Waals surface area (Å²) in [6, 6.07) is 27.6. The molecule has 3 aromatic rings. The van der Waals surface area contributed by atoms with Gasteiger partial charge in [-0.1, -0.05) is 73.2 Å². The van der Waals surface area contributed by atoms with Crippen molar-refractivity contribution in [3.05, 3.63) is 101 Å². The topological polar surface area (TPSA) is 49.0 Å². The van der Waals surface area contributed by atoms with Crippen LogP contribution in [-0.4, -0.2) is 39.5 Å². The molecule has 0 radical (unpaired) electrons. The van der Waals surface area contributed by atoms with Gasteiger partial charge in [-0.15, -0.1) is 0 Å². The fraction of sp³-hybridized carbons (Fsp3) is 0.471. The zero-order valence-corrected chi connectivity index (χ0v) is 23.2. The lowest BCUT2D eigenvalue weighted by molar-refractivity contribution is 0.00925. The second-order valence-electron chi connectivity index (χ2n) is 10.9. The van der Waals surface area contributed by atoms with E-state index in [9.17, 15) is 0 Å². The second-order valence-corrected chi connectivity index (χ2v) is 10.9. The first-order valence-electron chi connectivity index (χ1n) is 14.6. The number of nitrogens with one attached hydrogen (secondary N) is 1. The fourth-order valence-electron chi connectivity index (χ4n) is 5.72. The summed E-state index contributed by atoms with van der Waals surface area (Å²) in [5.74, 6) is 1.93. The van der Waals surface area contributed by atoms with E-state index in [1.165, 1.54) is 41.5 Å². The summed E-state index contributed by atoms with van der Waals surface area (Å²) in [5.41, 5.74) is 5.01. The normalized spacial score (nSPS) is 20.3. The second kappa shape index (κ2) is 14.6. The summed E-state index contributed by atoms with van der Waals surface area (Å²) in [5, 5.41) is 3.52. The Balaban J connectivity index is 1.08. The molecule has 1 saturated heterocycles. The summed E-state index contributed by atoms with van der Waals surface area (Å²) in [4.78, 5) is 0. The average molecular weight is 530 g/mol. The maximum Gasteiger partial charge on any atom is 0.119 e.